The molecule has 2 aromatic heterocycles. The number of hydrogen-bond donors (Lipinski definition) is 0. The second kappa shape index (κ2) is 10.3. The Morgan fingerprint density at radius 1 is 0.556 bits per heavy atom. The van der Waals surface area contributed by atoms with Gasteiger partial charge in [-0.25, -0.2) is 0 Å². The third-order valence-corrected chi connectivity index (χ3v) is 17.0. The van der Waals surface area contributed by atoms with Crippen molar-refractivity contribution in [2.45, 2.75) is 82.3 Å². The monoisotopic (exact) mass is 705 g/mol. The van der Waals surface area contributed by atoms with Gasteiger partial charge in [-0.1, -0.05) is 66.7 Å². The smallest absolute Gasteiger partial charge is 0.143 e. The summed E-state index contributed by atoms with van der Waals surface area (Å²) in [6, 6.07) is 38.9. The molecule has 7 aromatic rings. The third kappa shape index (κ3) is 3.74. The molecule has 2 spiro atoms. The van der Waals surface area contributed by atoms with Crippen LogP contribution in [0.2, 0.25) is 0 Å². The maximum absolute atomic E-state index is 8.02. The van der Waals surface area contributed by atoms with Gasteiger partial charge in [-0.15, -0.1) is 0 Å². The highest BCUT2D eigenvalue weighted by molar-refractivity contribution is 6.13. The van der Waals surface area contributed by atoms with E-state index in [2.05, 4.69) is 108 Å². The lowest BCUT2D eigenvalue weighted by Gasteiger charge is -2.54. The van der Waals surface area contributed by atoms with Crippen LogP contribution in [-0.4, -0.2) is 10.7 Å². The van der Waals surface area contributed by atoms with Crippen LogP contribution < -0.4 is 0 Å². The van der Waals surface area contributed by atoms with Crippen molar-refractivity contribution in [3.8, 4) is 16.8 Å². The van der Waals surface area contributed by atoms with Gasteiger partial charge in [-0.05, 0) is 171 Å². The quantitative estimate of drug-likeness (QED) is 0.179. The van der Waals surface area contributed by atoms with Crippen molar-refractivity contribution in [2.75, 3.05) is 0 Å². The molecule has 0 radical (unpaired) electrons. The molecular weight excluding hydrogens is 659 g/mol. The molecular formula is C51H47NO2. The normalized spacial score (nSPS) is 35.8. The molecule has 6 unspecified atom stereocenters. The van der Waals surface area contributed by atoms with Crippen LogP contribution in [0.1, 0.15) is 75.3 Å². The number of ether oxygens (including phenoxy) is 1. The van der Waals surface area contributed by atoms with Gasteiger partial charge in [-0.2, -0.15) is 0 Å². The Morgan fingerprint density at radius 3 is 2.13 bits per heavy atom. The van der Waals surface area contributed by atoms with Crippen LogP contribution in [0, 0.1) is 46.8 Å². The molecule has 4 heterocycles. The Hall–Kier alpha value is -4.34. The number of fused-ring (bicyclic) bond motifs is 8. The molecule has 54 heavy (non-hydrogen) atoms. The van der Waals surface area contributed by atoms with Gasteiger partial charge in [0.2, 0.25) is 0 Å². The van der Waals surface area contributed by atoms with E-state index in [1.165, 1.54) is 114 Å². The van der Waals surface area contributed by atoms with Gasteiger partial charge in [-0.3, -0.25) is 0 Å². The molecule has 5 aromatic carbocycles. The standard InChI is InChI=1S/C51H47NO2/c1-3-10-46-41(6-1)44-22-32(40-8-5-9-43-42-7-2-4-11-48(42)53-49(40)43)13-15-47(44)52(46)38-14-12-33-19-29-16-30-18-31(17-29)21-39(20-30)54-51(45(33)26-38)36-24-34-23-35-25-37(51)28-50(34,35)27-36/h1-15,22,26,29-31,34-37,39H,16-21,23-25,27-28H2. The summed E-state index contributed by atoms with van der Waals surface area (Å²) in [5, 5.41) is 4.96. The molecule has 8 aliphatic rings. The average molecular weight is 706 g/mol. The van der Waals surface area contributed by atoms with Gasteiger partial charge in [0.1, 0.15) is 11.2 Å². The number of furan rings is 1. The molecule has 6 saturated carbocycles. The summed E-state index contributed by atoms with van der Waals surface area (Å²) in [6.45, 7) is 0. The zero-order valence-electron chi connectivity index (χ0n) is 31.0. The summed E-state index contributed by atoms with van der Waals surface area (Å²) in [4.78, 5) is 0. The Balaban J connectivity index is 0.974. The topological polar surface area (TPSA) is 27.3 Å². The minimum absolute atomic E-state index is 0.133. The molecule has 3 heteroatoms. The molecule has 6 aliphatic carbocycles. The molecule has 0 N–H and O–H groups in total. The van der Waals surface area contributed by atoms with Crippen LogP contribution in [-0.2, 0) is 16.8 Å². The van der Waals surface area contributed by atoms with Crippen molar-refractivity contribution in [1.82, 2.24) is 4.57 Å². The fraction of sp³-hybridized carbons (Fsp3) is 0.412. The lowest BCUT2D eigenvalue weighted by atomic mass is 9.55. The highest BCUT2D eigenvalue weighted by Gasteiger charge is 2.74. The van der Waals surface area contributed by atoms with Crippen LogP contribution in [0.15, 0.2) is 108 Å². The maximum atomic E-state index is 8.02. The van der Waals surface area contributed by atoms with Crippen LogP contribution in [0.3, 0.4) is 0 Å². The zero-order chi connectivity index (χ0) is 34.9. The average Bonchev–Trinajstić information content (AvgIpc) is 3.88. The highest BCUT2D eigenvalue weighted by atomic mass is 16.5. The van der Waals surface area contributed by atoms with E-state index in [-0.39, 0.29) is 5.60 Å². The molecule has 3 nitrogen and oxygen atoms in total. The molecule has 6 fully saturated rings. The SMILES string of the molecule is c1ccc2c(c1)oc1c(-c3ccc4c(c3)c3ccccc3n4-c3ccc4c(c3)C3(OC5CC6CC(C4)CC(C6)C5)C4CC5CC6CC3CC56C4)cccc12. The Kier molecular flexibility index (Phi) is 5.70. The van der Waals surface area contributed by atoms with E-state index in [0.29, 0.717) is 23.4 Å². The fourth-order valence-corrected chi connectivity index (χ4v) is 15.3. The first-order chi connectivity index (χ1) is 26.6. The van der Waals surface area contributed by atoms with Gasteiger partial charge in [0.05, 0.1) is 22.7 Å². The minimum Gasteiger partial charge on any atom is -0.455 e. The Bertz CT molecular complexity index is 2690. The summed E-state index contributed by atoms with van der Waals surface area (Å²) in [5.74, 6) is 5.80. The second-order valence-corrected chi connectivity index (χ2v) is 19.4. The maximum Gasteiger partial charge on any atom is 0.143 e. The molecule has 0 amide bonds. The summed E-state index contributed by atoms with van der Waals surface area (Å²) in [5.41, 5.74) is 11.9. The molecule has 268 valence electrons. The zero-order valence-corrected chi connectivity index (χ0v) is 31.0. The Morgan fingerprint density at radius 2 is 1.28 bits per heavy atom. The van der Waals surface area contributed by atoms with Gasteiger partial charge in [0.25, 0.3) is 0 Å². The van der Waals surface area contributed by atoms with Crippen LogP contribution in [0.5, 0.6) is 0 Å². The summed E-state index contributed by atoms with van der Waals surface area (Å²) < 4.78 is 17.1. The van der Waals surface area contributed by atoms with Crippen LogP contribution in [0.25, 0.3) is 60.6 Å². The lowest BCUT2D eigenvalue weighted by molar-refractivity contribution is -0.198. The van der Waals surface area contributed by atoms with E-state index in [1.807, 2.05) is 0 Å². The van der Waals surface area contributed by atoms with Crippen molar-refractivity contribution in [3.05, 3.63) is 114 Å². The largest absolute Gasteiger partial charge is 0.455 e. The van der Waals surface area contributed by atoms with Gasteiger partial charge < -0.3 is 13.7 Å². The first-order valence-corrected chi connectivity index (χ1v) is 21.4. The van der Waals surface area contributed by atoms with Crippen molar-refractivity contribution in [3.63, 3.8) is 0 Å². The summed E-state index contributed by atoms with van der Waals surface area (Å²) >= 11 is 0. The van der Waals surface area contributed by atoms with Crippen molar-refractivity contribution in [1.29, 1.82) is 0 Å². The van der Waals surface area contributed by atoms with Gasteiger partial charge >= 0.3 is 0 Å². The second-order valence-electron chi connectivity index (χ2n) is 19.4. The van der Waals surface area contributed by atoms with Gasteiger partial charge in [0.15, 0.2) is 0 Å². The molecule has 7 bridgehead atoms. The predicted octanol–water partition coefficient (Wildman–Crippen LogP) is 12.8. The van der Waals surface area contributed by atoms with E-state index in [0.717, 1.165) is 46.3 Å². The first kappa shape index (κ1) is 29.9. The van der Waals surface area contributed by atoms with E-state index in [9.17, 15) is 0 Å². The molecule has 15 rings (SSSR count). The number of rotatable bonds is 2. The number of para-hydroxylation sites is 3. The number of benzene rings is 5. The lowest BCUT2D eigenvalue weighted by Crippen LogP contribution is -2.51. The first-order valence-electron chi connectivity index (χ1n) is 21.4. The van der Waals surface area contributed by atoms with Crippen molar-refractivity contribution < 1.29 is 9.15 Å². The third-order valence-electron chi connectivity index (χ3n) is 17.0. The highest BCUT2D eigenvalue weighted by Crippen LogP contribution is 2.80. The predicted molar refractivity (Wildman–Crippen MR) is 217 cm³/mol. The van der Waals surface area contributed by atoms with Crippen LogP contribution in [0.4, 0.5) is 0 Å². The number of aromatic nitrogens is 1. The van der Waals surface area contributed by atoms with Crippen molar-refractivity contribution in [2.24, 2.45) is 46.8 Å². The minimum atomic E-state index is -0.133. The van der Waals surface area contributed by atoms with E-state index in [4.69, 9.17) is 9.15 Å². The molecule has 2 aliphatic heterocycles. The van der Waals surface area contributed by atoms with Crippen molar-refractivity contribution >= 4 is 43.7 Å². The van der Waals surface area contributed by atoms with E-state index >= 15 is 0 Å². The summed E-state index contributed by atoms with van der Waals surface area (Å²) in [6.07, 6.45) is 15.7. The van der Waals surface area contributed by atoms with Crippen LogP contribution >= 0.6 is 0 Å². The van der Waals surface area contributed by atoms with E-state index in [1.54, 1.807) is 11.1 Å². The summed E-state index contributed by atoms with van der Waals surface area (Å²) in [7, 11) is 0. The number of hydrogen-bond acceptors (Lipinski definition) is 2. The number of nitrogens with zero attached hydrogens (tertiary/aromatic N) is 1. The molecule has 0 saturated heterocycles. The van der Waals surface area contributed by atoms with Gasteiger partial charge in [0, 0.05) is 32.8 Å². The fourth-order valence-electron chi connectivity index (χ4n) is 15.3. The molecule has 6 atom stereocenters. The Labute approximate surface area is 316 Å². The van der Waals surface area contributed by atoms with E-state index < -0.39 is 0 Å².